The van der Waals surface area contributed by atoms with E-state index in [1.165, 1.54) is 43.6 Å². The van der Waals surface area contributed by atoms with Gasteiger partial charge in [0.25, 0.3) is 0 Å². The predicted molar refractivity (Wildman–Crippen MR) is 97.8 cm³/mol. The first-order valence-corrected chi connectivity index (χ1v) is 9.39. The van der Waals surface area contributed by atoms with Gasteiger partial charge in [-0.1, -0.05) is 36.8 Å². The lowest BCUT2D eigenvalue weighted by Gasteiger charge is -2.43. The van der Waals surface area contributed by atoms with Gasteiger partial charge in [-0.05, 0) is 44.7 Å². The van der Waals surface area contributed by atoms with Crippen LogP contribution in [0, 0.1) is 12.8 Å². The summed E-state index contributed by atoms with van der Waals surface area (Å²) in [4.78, 5) is 5.42. The van der Waals surface area contributed by atoms with Crippen molar-refractivity contribution in [1.29, 1.82) is 0 Å². The van der Waals surface area contributed by atoms with Gasteiger partial charge >= 0.3 is 0 Å². The fourth-order valence-corrected chi connectivity index (χ4v) is 4.21. The van der Waals surface area contributed by atoms with Gasteiger partial charge in [0.2, 0.25) is 0 Å². The molecule has 0 bridgehead atoms. The molecule has 0 spiro atoms. The third-order valence-electron chi connectivity index (χ3n) is 5.59. The van der Waals surface area contributed by atoms with E-state index in [4.69, 9.17) is 0 Å². The van der Waals surface area contributed by atoms with Gasteiger partial charge in [0.05, 0.1) is 0 Å². The summed E-state index contributed by atoms with van der Waals surface area (Å²) in [6.45, 7) is 14.0. The standard InChI is InChI=1S/C20H33N3/c1-16-6-8-19(9-7-16)20(23-12-10-21-13-18(23)3)15-22-11-4-5-17(2)14-22/h6-9,17-18,20-21H,4-5,10-15H2,1-3H3. The topological polar surface area (TPSA) is 18.5 Å². The van der Waals surface area contributed by atoms with Gasteiger partial charge in [-0.3, -0.25) is 4.90 Å². The molecule has 2 aliphatic rings. The van der Waals surface area contributed by atoms with Crippen molar-refractivity contribution in [3.8, 4) is 0 Å². The molecule has 1 aromatic carbocycles. The molecule has 23 heavy (non-hydrogen) atoms. The number of piperidine rings is 1. The highest BCUT2D eigenvalue weighted by Crippen LogP contribution is 2.27. The molecule has 0 saturated carbocycles. The van der Waals surface area contributed by atoms with Crippen LogP contribution in [0.5, 0.6) is 0 Å². The van der Waals surface area contributed by atoms with Crippen LogP contribution in [0.3, 0.4) is 0 Å². The lowest BCUT2D eigenvalue weighted by molar-refractivity contribution is 0.0700. The number of likely N-dealkylation sites (tertiary alicyclic amines) is 1. The summed E-state index contributed by atoms with van der Waals surface area (Å²) in [6.07, 6.45) is 2.76. The van der Waals surface area contributed by atoms with E-state index in [2.05, 4.69) is 60.2 Å². The zero-order valence-corrected chi connectivity index (χ0v) is 15.1. The Balaban J connectivity index is 1.78. The summed E-state index contributed by atoms with van der Waals surface area (Å²) in [6, 6.07) is 10.4. The minimum absolute atomic E-state index is 0.526. The van der Waals surface area contributed by atoms with E-state index in [0.717, 1.165) is 25.6 Å². The lowest BCUT2D eigenvalue weighted by Crippen LogP contribution is -2.53. The minimum atomic E-state index is 0.526. The first kappa shape index (κ1) is 16.9. The van der Waals surface area contributed by atoms with Crippen LogP contribution in [0.1, 0.15) is 43.9 Å². The fraction of sp³-hybridized carbons (Fsp3) is 0.700. The molecule has 3 nitrogen and oxygen atoms in total. The first-order chi connectivity index (χ1) is 11.1. The van der Waals surface area contributed by atoms with E-state index < -0.39 is 0 Å². The molecule has 1 N–H and O–H groups in total. The molecule has 128 valence electrons. The SMILES string of the molecule is Cc1ccc(C(CN2CCCC(C)C2)N2CCNCC2C)cc1. The van der Waals surface area contributed by atoms with Crippen LogP contribution < -0.4 is 5.32 Å². The Labute approximate surface area is 142 Å². The summed E-state index contributed by atoms with van der Waals surface area (Å²) >= 11 is 0. The molecule has 3 unspecified atom stereocenters. The molecule has 2 aliphatic heterocycles. The van der Waals surface area contributed by atoms with Crippen molar-refractivity contribution < 1.29 is 0 Å². The summed E-state index contributed by atoms with van der Waals surface area (Å²) in [5.41, 5.74) is 2.84. The number of nitrogens with zero attached hydrogens (tertiary/aromatic N) is 2. The molecule has 0 amide bonds. The Morgan fingerprint density at radius 1 is 1.17 bits per heavy atom. The van der Waals surface area contributed by atoms with Gasteiger partial charge in [0.15, 0.2) is 0 Å². The van der Waals surface area contributed by atoms with Gasteiger partial charge < -0.3 is 10.2 Å². The third-order valence-corrected chi connectivity index (χ3v) is 5.59. The van der Waals surface area contributed by atoms with Crippen molar-refractivity contribution in [3.63, 3.8) is 0 Å². The molecule has 0 aromatic heterocycles. The third kappa shape index (κ3) is 4.34. The maximum atomic E-state index is 3.54. The van der Waals surface area contributed by atoms with Crippen LogP contribution in [-0.2, 0) is 0 Å². The van der Waals surface area contributed by atoms with Crippen molar-refractivity contribution in [3.05, 3.63) is 35.4 Å². The Morgan fingerprint density at radius 2 is 1.96 bits per heavy atom. The molecular weight excluding hydrogens is 282 g/mol. The van der Waals surface area contributed by atoms with Gasteiger partial charge in [0, 0.05) is 44.8 Å². The zero-order valence-electron chi connectivity index (χ0n) is 15.1. The second-order valence-electron chi connectivity index (χ2n) is 7.72. The second-order valence-corrected chi connectivity index (χ2v) is 7.72. The Bertz CT molecular complexity index is 484. The molecule has 2 fully saturated rings. The van der Waals surface area contributed by atoms with Crippen molar-refractivity contribution in [2.75, 3.05) is 39.3 Å². The normalized spacial score (nSPS) is 28.7. The first-order valence-electron chi connectivity index (χ1n) is 9.39. The van der Waals surface area contributed by atoms with E-state index in [0.29, 0.717) is 12.1 Å². The molecule has 3 atom stereocenters. The summed E-state index contributed by atoms with van der Waals surface area (Å²) in [7, 11) is 0. The summed E-state index contributed by atoms with van der Waals surface area (Å²) < 4.78 is 0. The highest BCUT2D eigenvalue weighted by molar-refractivity contribution is 5.25. The second kappa shape index (κ2) is 7.78. The highest BCUT2D eigenvalue weighted by atomic mass is 15.3. The predicted octanol–water partition coefficient (Wildman–Crippen LogP) is 3.06. The number of hydrogen-bond donors (Lipinski definition) is 1. The maximum Gasteiger partial charge on any atom is 0.0479 e. The van der Waals surface area contributed by atoms with Gasteiger partial charge in [-0.15, -0.1) is 0 Å². The van der Waals surface area contributed by atoms with Crippen LogP contribution in [0.2, 0.25) is 0 Å². The molecule has 1 aromatic rings. The van der Waals surface area contributed by atoms with Crippen molar-refractivity contribution in [2.45, 2.75) is 45.7 Å². The largest absolute Gasteiger partial charge is 0.314 e. The zero-order chi connectivity index (χ0) is 16.2. The van der Waals surface area contributed by atoms with E-state index in [1.807, 2.05) is 0 Å². The van der Waals surface area contributed by atoms with Crippen LogP contribution in [0.15, 0.2) is 24.3 Å². The lowest BCUT2D eigenvalue weighted by atomic mass is 9.96. The highest BCUT2D eigenvalue weighted by Gasteiger charge is 2.29. The van der Waals surface area contributed by atoms with Crippen LogP contribution in [0.25, 0.3) is 0 Å². The van der Waals surface area contributed by atoms with E-state index >= 15 is 0 Å². The maximum absolute atomic E-state index is 3.54. The molecule has 0 aliphatic carbocycles. The number of benzene rings is 1. The number of piperazine rings is 1. The van der Waals surface area contributed by atoms with Crippen LogP contribution >= 0.6 is 0 Å². The average molecular weight is 316 g/mol. The number of rotatable bonds is 4. The van der Waals surface area contributed by atoms with Crippen LogP contribution in [0.4, 0.5) is 0 Å². The fourth-order valence-electron chi connectivity index (χ4n) is 4.21. The van der Waals surface area contributed by atoms with Crippen molar-refractivity contribution >= 4 is 0 Å². The molecule has 0 radical (unpaired) electrons. The molecule has 2 heterocycles. The van der Waals surface area contributed by atoms with Gasteiger partial charge in [-0.2, -0.15) is 0 Å². The quantitative estimate of drug-likeness (QED) is 0.921. The van der Waals surface area contributed by atoms with E-state index in [-0.39, 0.29) is 0 Å². The number of nitrogens with one attached hydrogen (secondary N) is 1. The Hall–Kier alpha value is -0.900. The molecule has 2 saturated heterocycles. The monoisotopic (exact) mass is 315 g/mol. The molecule has 3 rings (SSSR count). The van der Waals surface area contributed by atoms with E-state index in [9.17, 15) is 0 Å². The summed E-state index contributed by atoms with van der Waals surface area (Å²) in [5.74, 6) is 0.850. The minimum Gasteiger partial charge on any atom is -0.314 e. The van der Waals surface area contributed by atoms with Gasteiger partial charge in [-0.25, -0.2) is 0 Å². The van der Waals surface area contributed by atoms with Crippen LogP contribution in [-0.4, -0.2) is 55.1 Å². The number of hydrogen-bond acceptors (Lipinski definition) is 3. The Morgan fingerprint density at radius 3 is 2.65 bits per heavy atom. The van der Waals surface area contributed by atoms with Gasteiger partial charge in [0.1, 0.15) is 0 Å². The smallest absolute Gasteiger partial charge is 0.0479 e. The molecule has 3 heteroatoms. The van der Waals surface area contributed by atoms with Crippen molar-refractivity contribution in [2.24, 2.45) is 5.92 Å². The summed E-state index contributed by atoms with van der Waals surface area (Å²) in [5, 5.41) is 3.54. The Kier molecular flexibility index (Phi) is 5.73. The average Bonchev–Trinajstić information content (AvgIpc) is 2.54. The van der Waals surface area contributed by atoms with Crippen molar-refractivity contribution in [1.82, 2.24) is 15.1 Å². The number of aryl methyl sites for hydroxylation is 1. The van der Waals surface area contributed by atoms with E-state index in [1.54, 1.807) is 0 Å². The molecular formula is C20H33N3.